The van der Waals surface area contributed by atoms with Crippen LogP contribution in [0.15, 0.2) is 18.5 Å². The van der Waals surface area contributed by atoms with Crippen molar-refractivity contribution in [1.82, 2.24) is 15.2 Å². The van der Waals surface area contributed by atoms with E-state index in [2.05, 4.69) is 29.5 Å². The Bertz CT molecular complexity index is 872. The number of hydrogen-bond acceptors (Lipinski definition) is 6. The molecule has 1 saturated carbocycles. The molecule has 8 nitrogen and oxygen atoms in total. The second kappa shape index (κ2) is 10.2. The minimum atomic E-state index is -0.437. The number of nitrogens with zero attached hydrogens (tertiary/aromatic N) is 2. The van der Waals surface area contributed by atoms with Crippen LogP contribution in [0.1, 0.15) is 64.9 Å². The van der Waals surface area contributed by atoms with Gasteiger partial charge in [0, 0.05) is 31.8 Å². The maximum absolute atomic E-state index is 12.9. The highest BCUT2D eigenvalue weighted by Crippen LogP contribution is 2.37. The summed E-state index contributed by atoms with van der Waals surface area (Å²) >= 11 is 0. The molecule has 0 radical (unpaired) electrons. The van der Waals surface area contributed by atoms with Gasteiger partial charge in [0.05, 0.1) is 18.4 Å². The first-order chi connectivity index (χ1) is 15.2. The molecule has 2 aliphatic rings. The first-order valence-electron chi connectivity index (χ1n) is 11.5. The standard InChI is InChI=1S/C24H35N5O3/c1-16(30)22(25)18-8-11-26-14-19(18)27-15-21(31)29-12-4-5-20(29)23(32)28-13-17-6-9-24(2,3)10-7-17/h8,11,14,17,20,25,27H,4-7,9-10,12-13,15H2,1-3H3,(H,28,32)/t20-/m0/s1. The molecule has 1 saturated heterocycles. The van der Waals surface area contributed by atoms with Crippen LogP contribution in [0.2, 0.25) is 0 Å². The van der Waals surface area contributed by atoms with Crippen LogP contribution in [0.3, 0.4) is 0 Å². The maximum atomic E-state index is 12.9. The minimum absolute atomic E-state index is 0.0225. The van der Waals surface area contributed by atoms with Gasteiger partial charge in [-0.2, -0.15) is 0 Å². The number of aromatic nitrogens is 1. The zero-order valence-electron chi connectivity index (χ0n) is 19.4. The number of rotatable bonds is 8. The average molecular weight is 442 g/mol. The lowest BCUT2D eigenvalue weighted by atomic mass is 9.73. The van der Waals surface area contributed by atoms with Crippen LogP contribution in [0.4, 0.5) is 5.69 Å². The van der Waals surface area contributed by atoms with E-state index >= 15 is 0 Å². The van der Waals surface area contributed by atoms with Crippen molar-refractivity contribution in [2.24, 2.45) is 11.3 Å². The number of likely N-dealkylation sites (tertiary alicyclic amines) is 1. The molecule has 1 atom stereocenters. The Balaban J connectivity index is 1.53. The molecule has 0 bridgehead atoms. The number of Topliss-reactive ketones (excluding diaryl/α,β-unsaturated/α-hetero) is 1. The van der Waals surface area contributed by atoms with Crippen LogP contribution in [-0.2, 0) is 14.4 Å². The van der Waals surface area contributed by atoms with Gasteiger partial charge in [0.25, 0.3) is 0 Å². The summed E-state index contributed by atoms with van der Waals surface area (Å²) in [5, 5.41) is 14.0. The fourth-order valence-electron chi connectivity index (χ4n) is 4.58. The molecule has 0 spiro atoms. The average Bonchev–Trinajstić information content (AvgIpc) is 3.26. The van der Waals surface area contributed by atoms with Gasteiger partial charge >= 0.3 is 0 Å². The summed E-state index contributed by atoms with van der Waals surface area (Å²) < 4.78 is 0. The lowest BCUT2D eigenvalue weighted by Crippen LogP contribution is -2.48. The summed E-state index contributed by atoms with van der Waals surface area (Å²) in [6.07, 6.45) is 9.11. The molecule has 2 heterocycles. The van der Waals surface area contributed by atoms with Crippen molar-refractivity contribution in [3.8, 4) is 0 Å². The van der Waals surface area contributed by atoms with Crippen LogP contribution in [-0.4, -0.2) is 58.9 Å². The highest BCUT2D eigenvalue weighted by Gasteiger charge is 2.34. The second-order valence-electron chi connectivity index (χ2n) is 9.80. The van der Waals surface area contributed by atoms with E-state index in [1.54, 1.807) is 11.0 Å². The second-order valence-corrected chi connectivity index (χ2v) is 9.80. The van der Waals surface area contributed by atoms with Crippen LogP contribution < -0.4 is 10.6 Å². The van der Waals surface area contributed by atoms with Crippen molar-refractivity contribution < 1.29 is 14.4 Å². The molecule has 3 N–H and O–H groups in total. The third-order valence-electron chi connectivity index (χ3n) is 6.77. The Morgan fingerprint density at radius 1 is 1.22 bits per heavy atom. The Kier molecular flexibility index (Phi) is 7.64. The molecule has 0 aromatic carbocycles. The fraction of sp³-hybridized carbons (Fsp3) is 0.625. The van der Waals surface area contributed by atoms with Crippen LogP contribution in [0, 0.1) is 16.7 Å². The van der Waals surface area contributed by atoms with Gasteiger partial charge in [0.2, 0.25) is 11.8 Å². The zero-order chi connectivity index (χ0) is 23.3. The predicted molar refractivity (Wildman–Crippen MR) is 124 cm³/mol. The van der Waals surface area contributed by atoms with E-state index < -0.39 is 6.04 Å². The van der Waals surface area contributed by atoms with Crippen molar-refractivity contribution in [2.75, 3.05) is 25.0 Å². The number of anilines is 1. The molecule has 1 aromatic heterocycles. The van der Waals surface area contributed by atoms with Crippen LogP contribution in [0.25, 0.3) is 0 Å². The van der Waals surface area contributed by atoms with Crippen molar-refractivity contribution >= 4 is 29.0 Å². The number of carbonyl (C=O) groups is 3. The molecule has 32 heavy (non-hydrogen) atoms. The van der Waals surface area contributed by atoms with Gasteiger partial charge in [-0.05, 0) is 55.9 Å². The third-order valence-corrected chi connectivity index (χ3v) is 6.77. The van der Waals surface area contributed by atoms with Gasteiger partial charge in [-0.25, -0.2) is 0 Å². The summed E-state index contributed by atoms with van der Waals surface area (Å²) in [7, 11) is 0. The van der Waals surface area contributed by atoms with E-state index in [1.807, 2.05) is 0 Å². The lowest BCUT2D eigenvalue weighted by Gasteiger charge is -2.34. The largest absolute Gasteiger partial charge is 0.374 e. The Morgan fingerprint density at radius 3 is 2.62 bits per heavy atom. The monoisotopic (exact) mass is 441 g/mol. The number of pyridine rings is 1. The molecule has 3 rings (SSSR count). The maximum Gasteiger partial charge on any atom is 0.242 e. The van der Waals surface area contributed by atoms with Gasteiger partial charge in [0.15, 0.2) is 5.78 Å². The fourth-order valence-corrected chi connectivity index (χ4v) is 4.58. The Labute approximate surface area is 190 Å². The van der Waals surface area contributed by atoms with Crippen molar-refractivity contribution in [3.63, 3.8) is 0 Å². The summed E-state index contributed by atoms with van der Waals surface area (Å²) in [5.41, 5.74) is 1.14. The lowest BCUT2D eigenvalue weighted by molar-refractivity contribution is -0.137. The van der Waals surface area contributed by atoms with Crippen molar-refractivity contribution in [3.05, 3.63) is 24.0 Å². The third kappa shape index (κ3) is 5.93. The number of nitrogens with one attached hydrogen (secondary N) is 3. The van der Waals surface area contributed by atoms with E-state index in [9.17, 15) is 14.4 Å². The highest BCUT2D eigenvalue weighted by molar-refractivity contribution is 6.45. The Hall–Kier alpha value is -2.77. The number of amides is 2. The number of carbonyl (C=O) groups excluding carboxylic acids is 3. The van der Waals surface area contributed by atoms with E-state index in [4.69, 9.17) is 5.41 Å². The molecular weight excluding hydrogens is 406 g/mol. The normalized spacial score (nSPS) is 20.6. The zero-order valence-corrected chi connectivity index (χ0v) is 19.4. The van der Waals surface area contributed by atoms with Gasteiger partial charge in [-0.3, -0.25) is 24.8 Å². The molecular formula is C24H35N5O3. The van der Waals surface area contributed by atoms with E-state index in [-0.39, 0.29) is 29.9 Å². The van der Waals surface area contributed by atoms with Crippen molar-refractivity contribution in [2.45, 2.75) is 65.3 Å². The summed E-state index contributed by atoms with van der Waals surface area (Å²) in [4.78, 5) is 42.9. The molecule has 2 fully saturated rings. The summed E-state index contributed by atoms with van der Waals surface area (Å²) in [6.45, 7) is 7.15. The van der Waals surface area contributed by atoms with E-state index in [0.717, 1.165) is 19.3 Å². The van der Waals surface area contributed by atoms with Gasteiger partial charge in [-0.15, -0.1) is 0 Å². The molecule has 1 aliphatic carbocycles. The molecule has 2 amide bonds. The molecule has 1 aromatic rings. The molecule has 0 unspecified atom stereocenters. The molecule has 1 aliphatic heterocycles. The molecule has 8 heteroatoms. The first-order valence-corrected chi connectivity index (χ1v) is 11.5. The van der Waals surface area contributed by atoms with Crippen LogP contribution in [0.5, 0.6) is 0 Å². The minimum Gasteiger partial charge on any atom is -0.374 e. The Morgan fingerprint density at radius 2 is 1.94 bits per heavy atom. The van der Waals surface area contributed by atoms with E-state index in [1.165, 1.54) is 32.2 Å². The topological polar surface area (TPSA) is 115 Å². The quantitative estimate of drug-likeness (QED) is 0.537. The smallest absolute Gasteiger partial charge is 0.242 e. The van der Waals surface area contributed by atoms with E-state index in [0.29, 0.717) is 42.1 Å². The van der Waals surface area contributed by atoms with Gasteiger partial charge in [0.1, 0.15) is 11.8 Å². The number of ketones is 1. The summed E-state index contributed by atoms with van der Waals surface area (Å²) in [5.74, 6) is -0.0875. The van der Waals surface area contributed by atoms with Gasteiger partial charge < -0.3 is 15.5 Å². The van der Waals surface area contributed by atoms with Crippen molar-refractivity contribution in [1.29, 1.82) is 5.41 Å². The van der Waals surface area contributed by atoms with Gasteiger partial charge in [-0.1, -0.05) is 13.8 Å². The predicted octanol–water partition coefficient (Wildman–Crippen LogP) is 2.77. The SMILES string of the molecule is CC(=O)C(=N)c1ccncc1NCC(=O)N1CCC[C@H]1C(=O)NCC1CCC(C)(C)CC1. The number of hydrogen-bond donors (Lipinski definition) is 3. The molecule has 174 valence electrons. The van der Waals surface area contributed by atoms with Crippen LogP contribution >= 0.6 is 0 Å². The first kappa shape index (κ1) is 23.9. The highest BCUT2D eigenvalue weighted by atomic mass is 16.2. The summed E-state index contributed by atoms with van der Waals surface area (Å²) in [6, 6.07) is 1.14.